The number of aromatic nitrogens is 1. The van der Waals surface area contributed by atoms with Crippen molar-refractivity contribution in [1.82, 2.24) is 15.2 Å². The monoisotopic (exact) mass is 488 g/mol. The first-order valence-electron chi connectivity index (χ1n) is 11.7. The molecule has 1 aromatic heterocycles. The highest BCUT2D eigenvalue weighted by Crippen LogP contribution is 2.33. The minimum atomic E-state index is -0.0447. The third kappa shape index (κ3) is 5.72. The lowest BCUT2D eigenvalue weighted by Crippen LogP contribution is -2.23. The van der Waals surface area contributed by atoms with Gasteiger partial charge >= 0.3 is 0 Å². The van der Waals surface area contributed by atoms with Gasteiger partial charge in [0.15, 0.2) is 0 Å². The maximum absolute atomic E-state index is 13.2. The Balaban J connectivity index is 1.61. The molecule has 2 heterocycles. The predicted octanol–water partition coefficient (Wildman–Crippen LogP) is 5.89. The van der Waals surface area contributed by atoms with Crippen molar-refractivity contribution in [3.05, 3.63) is 88.2 Å². The number of allylic oxidation sites excluding steroid dienone is 1. The molecular weight excluding hydrogens is 460 g/mol. The Morgan fingerprint density at radius 1 is 1.20 bits per heavy atom. The number of hydrogen-bond donors (Lipinski definition) is 3. The summed E-state index contributed by atoms with van der Waals surface area (Å²) in [6.45, 7) is 6.15. The minimum absolute atomic E-state index is 0.0447. The van der Waals surface area contributed by atoms with E-state index >= 15 is 0 Å². The summed E-state index contributed by atoms with van der Waals surface area (Å²) in [5.74, 6) is 0.744. The van der Waals surface area contributed by atoms with E-state index < -0.39 is 0 Å². The average Bonchev–Trinajstić information content (AvgIpc) is 3.15. The molecule has 6 nitrogen and oxygen atoms in total. The first-order valence-corrected chi connectivity index (χ1v) is 12.0. The number of carbonyl (C=O) groups is 1. The maximum atomic E-state index is 13.2. The Hall–Kier alpha value is -3.64. The maximum Gasteiger partial charge on any atom is 0.254 e. The topological polar surface area (TPSA) is 89.3 Å². The van der Waals surface area contributed by atoms with Gasteiger partial charge in [0.25, 0.3) is 5.91 Å². The Morgan fingerprint density at radius 2 is 1.97 bits per heavy atom. The van der Waals surface area contributed by atoms with E-state index in [2.05, 4.69) is 24.1 Å². The van der Waals surface area contributed by atoms with Crippen LogP contribution in [0, 0.1) is 11.3 Å². The van der Waals surface area contributed by atoms with Crippen LogP contribution in [-0.2, 0) is 13.1 Å². The number of phenols is 1. The highest BCUT2D eigenvalue weighted by molar-refractivity contribution is 6.29. The molecule has 0 bridgehead atoms. The fourth-order valence-electron chi connectivity index (χ4n) is 4.10. The van der Waals surface area contributed by atoms with Crippen molar-refractivity contribution in [2.45, 2.75) is 33.4 Å². The first-order chi connectivity index (χ1) is 16.9. The van der Waals surface area contributed by atoms with Crippen molar-refractivity contribution in [3.63, 3.8) is 0 Å². The molecule has 1 amide bonds. The second kappa shape index (κ2) is 10.7. The molecule has 3 N–H and O–H groups in total. The van der Waals surface area contributed by atoms with Crippen LogP contribution in [0.4, 0.5) is 0 Å². The Morgan fingerprint density at radius 3 is 2.69 bits per heavy atom. The summed E-state index contributed by atoms with van der Waals surface area (Å²) in [4.78, 5) is 19.5. The van der Waals surface area contributed by atoms with Crippen molar-refractivity contribution in [3.8, 4) is 17.0 Å². The van der Waals surface area contributed by atoms with E-state index in [-0.39, 0.29) is 11.7 Å². The van der Waals surface area contributed by atoms with Crippen molar-refractivity contribution in [1.29, 1.82) is 5.41 Å². The number of phenolic OH excluding ortho intramolecular Hbond substituents is 1. The molecule has 0 aliphatic carbocycles. The fraction of sp³-hybridized carbons (Fsp3) is 0.250. The summed E-state index contributed by atoms with van der Waals surface area (Å²) in [7, 11) is 0. The van der Waals surface area contributed by atoms with Gasteiger partial charge in [-0.1, -0.05) is 49.7 Å². The number of hydrogen-bond acceptors (Lipinski definition) is 5. The largest absolute Gasteiger partial charge is 0.508 e. The highest BCUT2D eigenvalue weighted by Gasteiger charge is 2.28. The molecule has 0 radical (unpaired) electrons. The van der Waals surface area contributed by atoms with Crippen LogP contribution < -0.4 is 5.32 Å². The van der Waals surface area contributed by atoms with E-state index in [1.165, 1.54) is 6.21 Å². The van der Waals surface area contributed by atoms with Gasteiger partial charge in [0.1, 0.15) is 10.9 Å². The number of rotatable bonds is 9. The quantitative estimate of drug-likeness (QED) is 0.199. The molecular formula is C28H29ClN4O2. The number of nitrogens with zero attached hydrogens (tertiary/aromatic N) is 2. The van der Waals surface area contributed by atoms with Crippen LogP contribution in [0.2, 0.25) is 5.15 Å². The molecule has 3 aromatic rings. The van der Waals surface area contributed by atoms with E-state index in [1.807, 2.05) is 42.6 Å². The van der Waals surface area contributed by atoms with E-state index in [4.69, 9.17) is 17.0 Å². The van der Waals surface area contributed by atoms with Gasteiger partial charge in [0, 0.05) is 54.3 Å². The lowest BCUT2D eigenvalue weighted by Gasteiger charge is -2.15. The number of carbonyl (C=O) groups excluding carboxylic acids is 1. The standard InChI is InChI=1S/C28H29ClN4O2/c1-18(2)11-12-31-15-22(14-30)24-9-10-26(29)32-27(24)20-5-6-21-17-33(28(35)25(21)13-20)16-19-3-7-23(34)8-4-19/h3-10,13-15,18,30-31,34H,11-12,16-17H2,1-2H3/b22-15+,30-14?. The van der Waals surface area contributed by atoms with Crippen molar-refractivity contribution in [2.24, 2.45) is 5.92 Å². The van der Waals surface area contributed by atoms with E-state index in [1.54, 1.807) is 23.1 Å². The molecule has 4 rings (SSSR count). The molecule has 0 spiro atoms. The van der Waals surface area contributed by atoms with Gasteiger partial charge in [-0.15, -0.1) is 0 Å². The van der Waals surface area contributed by atoms with Gasteiger partial charge in [-0.3, -0.25) is 4.79 Å². The minimum Gasteiger partial charge on any atom is -0.508 e. The molecule has 35 heavy (non-hydrogen) atoms. The zero-order chi connectivity index (χ0) is 24.9. The second-order valence-electron chi connectivity index (χ2n) is 9.11. The molecule has 2 aromatic carbocycles. The smallest absolute Gasteiger partial charge is 0.254 e. The van der Waals surface area contributed by atoms with Gasteiger partial charge in [-0.2, -0.15) is 0 Å². The van der Waals surface area contributed by atoms with Crippen molar-refractivity contribution < 1.29 is 9.90 Å². The van der Waals surface area contributed by atoms with Crippen LogP contribution in [0.15, 0.2) is 60.8 Å². The first kappa shape index (κ1) is 24.5. The number of halogens is 1. The third-order valence-electron chi connectivity index (χ3n) is 6.02. The van der Waals surface area contributed by atoms with Crippen LogP contribution in [0.5, 0.6) is 5.75 Å². The number of amides is 1. The summed E-state index contributed by atoms with van der Waals surface area (Å²) in [5, 5.41) is 21.1. The molecule has 0 unspecified atom stereocenters. The van der Waals surface area contributed by atoms with Crippen LogP contribution in [0.25, 0.3) is 16.8 Å². The Bertz CT molecular complexity index is 1270. The molecule has 180 valence electrons. The summed E-state index contributed by atoms with van der Waals surface area (Å²) >= 11 is 6.25. The summed E-state index contributed by atoms with van der Waals surface area (Å²) in [5.41, 5.74) is 5.42. The van der Waals surface area contributed by atoms with E-state index in [0.29, 0.717) is 41.0 Å². The highest BCUT2D eigenvalue weighted by atomic mass is 35.5. The molecule has 0 atom stereocenters. The van der Waals surface area contributed by atoms with Crippen LogP contribution in [-0.4, -0.2) is 33.7 Å². The fourth-order valence-corrected chi connectivity index (χ4v) is 4.25. The predicted molar refractivity (Wildman–Crippen MR) is 141 cm³/mol. The number of benzene rings is 2. The summed E-state index contributed by atoms with van der Waals surface area (Å²) in [6.07, 6.45) is 4.16. The van der Waals surface area contributed by atoms with Gasteiger partial charge < -0.3 is 20.7 Å². The van der Waals surface area contributed by atoms with Gasteiger partial charge in [0.05, 0.1) is 5.69 Å². The normalized spacial score (nSPS) is 13.3. The number of fused-ring (bicyclic) bond motifs is 1. The Labute approximate surface area is 210 Å². The van der Waals surface area contributed by atoms with Gasteiger partial charge in [0.2, 0.25) is 0 Å². The van der Waals surface area contributed by atoms with Crippen molar-refractivity contribution in [2.75, 3.05) is 6.54 Å². The Kier molecular flexibility index (Phi) is 7.51. The molecule has 0 saturated carbocycles. The van der Waals surface area contributed by atoms with Gasteiger partial charge in [-0.25, -0.2) is 4.98 Å². The molecule has 0 fully saturated rings. The number of pyridine rings is 1. The zero-order valence-corrected chi connectivity index (χ0v) is 20.6. The molecule has 1 aliphatic heterocycles. The van der Waals surface area contributed by atoms with E-state index in [0.717, 1.165) is 35.2 Å². The molecule has 1 aliphatic rings. The number of aromatic hydroxyl groups is 1. The second-order valence-corrected chi connectivity index (χ2v) is 9.50. The zero-order valence-electron chi connectivity index (χ0n) is 19.9. The molecule has 7 heteroatoms. The van der Waals surface area contributed by atoms with E-state index in [9.17, 15) is 9.90 Å². The van der Waals surface area contributed by atoms with Crippen LogP contribution >= 0.6 is 11.6 Å². The lowest BCUT2D eigenvalue weighted by atomic mass is 9.97. The van der Waals surface area contributed by atoms with Crippen molar-refractivity contribution >= 4 is 29.3 Å². The summed E-state index contributed by atoms with van der Waals surface area (Å²) in [6, 6.07) is 16.2. The molecule has 0 saturated heterocycles. The van der Waals surface area contributed by atoms with Crippen LogP contribution in [0.1, 0.15) is 47.3 Å². The average molecular weight is 489 g/mol. The lowest BCUT2D eigenvalue weighted by molar-refractivity contribution is 0.0766. The number of nitrogens with one attached hydrogen (secondary N) is 2. The van der Waals surface area contributed by atoms with Gasteiger partial charge in [-0.05, 0) is 53.8 Å². The van der Waals surface area contributed by atoms with Crippen LogP contribution in [0.3, 0.4) is 0 Å². The third-order valence-corrected chi connectivity index (χ3v) is 6.23. The SMILES string of the molecule is CC(C)CCN/C=C(\C=N)c1ccc(Cl)nc1-c1ccc2c(c1)C(=O)N(Cc1ccc(O)cc1)C2. The summed E-state index contributed by atoms with van der Waals surface area (Å²) < 4.78 is 0.